The van der Waals surface area contributed by atoms with E-state index in [1.54, 1.807) is 17.6 Å². The summed E-state index contributed by atoms with van der Waals surface area (Å²) >= 11 is 1.12. The van der Waals surface area contributed by atoms with Crippen molar-refractivity contribution in [1.82, 2.24) is 9.69 Å². The zero-order valence-electron chi connectivity index (χ0n) is 11.8. The number of carbonyl (C=O) groups excluding carboxylic acids is 2. The quantitative estimate of drug-likeness (QED) is 0.684. The van der Waals surface area contributed by atoms with E-state index in [0.717, 1.165) is 11.5 Å². The highest BCUT2D eigenvalue weighted by molar-refractivity contribution is 7.03. The number of aryl methyl sites for hydroxylation is 1. The average molecular weight is 344 g/mol. The first kappa shape index (κ1) is 16.9. The van der Waals surface area contributed by atoms with Crippen LogP contribution in [0.5, 0.6) is 5.75 Å². The maximum Gasteiger partial charge on any atom is 0.405 e. The Hall–Kier alpha value is -2.42. The van der Waals surface area contributed by atoms with Crippen molar-refractivity contribution in [3.05, 3.63) is 46.5 Å². The number of nitrogens with zero attached hydrogens (tertiary/aromatic N) is 1. The lowest BCUT2D eigenvalue weighted by molar-refractivity contribution is -0.123. The number of rotatable bonds is 4. The first-order valence-electron chi connectivity index (χ1n) is 6.34. The smallest absolute Gasteiger partial charge is 0.405 e. The molecule has 0 aliphatic rings. The van der Waals surface area contributed by atoms with Crippen LogP contribution in [-0.2, 0) is 0 Å². The van der Waals surface area contributed by atoms with Crippen molar-refractivity contribution in [1.29, 1.82) is 0 Å². The molecule has 1 aromatic heterocycles. The molecule has 23 heavy (non-hydrogen) atoms. The molecule has 1 heterocycles. The Morgan fingerprint density at radius 1 is 1.26 bits per heavy atom. The number of hydrogen-bond acceptors (Lipinski definition) is 5. The number of ether oxygens (including phenoxy) is 1. The van der Waals surface area contributed by atoms with E-state index in [1.165, 1.54) is 24.3 Å². The van der Waals surface area contributed by atoms with Crippen LogP contribution < -0.4 is 10.1 Å². The molecule has 2 rings (SSSR count). The molecule has 0 saturated heterocycles. The predicted molar refractivity (Wildman–Crippen MR) is 76.6 cm³/mol. The SMILES string of the molecule is Cc1nscc1C(=O)Oc1ccc(C(=O)NCC(F)(F)F)cc1. The van der Waals surface area contributed by atoms with Gasteiger partial charge in [0.15, 0.2) is 0 Å². The number of benzene rings is 1. The minimum atomic E-state index is -4.47. The topological polar surface area (TPSA) is 68.3 Å². The molecule has 0 bridgehead atoms. The monoisotopic (exact) mass is 344 g/mol. The number of hydrogen-bond donors (Lipinski definition) is 1. The highest BCUT2D eigenvalue weighted by Crippen LogP contribution is 2.17. The summed E-state index contributed by atoms with van der Waals surface area (Å²) in [6, 6.07) is 5.20. The molecule has 0 unspecified atom stereocenters. The van der Waals surface area contributed by atoms with Crippen LogP contribution in [0.1, 0.15) is 26.4 Å². The van der Waals surface area contributed by atoms with E-state index in [1.807, 2.05) is 0 Å². The zero-order chi connectivity index (χ0) is 17.0. The third-order valence-corrected chi connectivity index (χ3v) is 3.47. The van der Waals surface area contributed by atoms with Gasteiger partial charge >= 0.3 is 12.1 Å². The van der Waals surface area contributed by atoms with Gasteiger partial charge in [-0.3, -0.25) is 4.79 Å². The van der Waals surface area contributed by atoms with E-state index < -0.39 is 24.6 Å². The Balaban J connectivity index is 1.98. The van der Waals surface area contributed by atoms with Gasteiger partial charge in [0.25, 0.3) is 5.91 Å². The number of halogens is 3. The second-order valence-electron chi connectivity index (χ2n) is 4.53. The largest absolute Gasteiger partial charge is 0.423 e. The fraction of sp³-hybridized carbons (Fsp3) is 0.214. The van der Waals surface area contributed by atoms with Gasteiger partial charge in [0.1, 0.15) is 12.3 Å². The van der Waals surface area contributed by atoms with Crippen LogP contribution in [0.25, 0.3) is 0 Å². The number of amides is 1. The number of alkyl halides is 3. The van der Waals surface area contributed by atoms with Crippen LogP contribution in [0.15, 0.2) is 29.6 Å². The van der Waals surface area contributed by atoms with Gasteiger partial charge in [0.2, 0.25) is 0 Å². The Bertz CT molecular complexity index is 711. The lowest BCUT2D eigenvalue weighted by Gasteiger charge is -2.09. The Morgan fingerprint density at radius 2 is 1.91 bits per heavy atom. The third kappa shape index (κ3) is 4.78. The predicted octanol–water partition coefficient (Wildman–Crippen LogP) is 2.96. The highest BCUT2D eigenvalue weighted by atomic mass is 32.1. The van der Waals surface area contributed by atoms with Crippen molar-refractivity contribution in [3.8, 4) is 5.75 Å². The molecule has 0 aliphatic heterocycles. The minimum absolute atomic E-state index is 0.0300. The van der Waals surface area contributed by atoms with Gasteiger partial charge in [-0.15, -0.1) is 0 Å². The maximum absolute atomic E-state index is 12.0. The first-order valence-corrected chi connectivity index (χ1v) is 7.18. The molecular weight excluding hydrogens is 333 g/mol. The van der Waals surface area contributed by atoms with E-state index in [-0.39, 0.29) is 11.3 Å². The summed E-state index contributed by atoms with van der Waals surface area (Å²) in [5.74, 6) is -1.28. The molecule has 1 amide bonds. The van der Waals surface area contributed by atoms with E-state index in [4.69, 9.17) is 4.74 Å². The van der Waals surface area contributed by atoms with Crippen LogP contribution in [0.3, 0.4) is 0 Å². The number of aromatic nitrogens is 1. The van der Waals surface area contributed by atoms with E-state index in [9.17, 15) is 22.8 Å². The van der Waals surface area contributed by atoms with E-state index in [0.29, 0.717) is 11.3 Å². The molecule has 0 aliphatic carbocycles. The number of carbonyl (C=O) groups is 2. The van der Waals surface area contributed by atoms with Crippen LogP contribution in [0, 0.1) is 6.92 Å². The van der Waals surface area contributed by atoms with Crippen molar-refractivity contribution in [3.63, 3.8) is 0 Å². The zero-order valence-corrected chi connectivity index (χ0v) is 12.6. The van der Waals surface area contributed by atoms with Crippen LogP contribution in [-0.4, -0.2) is 29.0 Å². The Labute approximate surface area is 133 Å². The molecule has 5 nitrogen and oxygen atoms in total. The molecule has 1 N–H and O–H groups in total. The first-order chi connectivity index (χ1) is 10.8. The van der Waals surface area contributed by atoms with Crippen molar-refractivity contribution in [2.24, 2.45) is 0 Å². The average Bonchev–Trinajstić information content (AvgIpc) is 2.91. The second-order valence-corrected chi connectivity index (χ2v) is 5.15. The fourth-order valence-electron chi connectivity index (χ4n) is 1.61. The Kier molecular flexibility index (Phi) is 4.99. The summed E-state index contributed by atoms with van der Waals surface area (Å²) in [5, 5.41) is 3.30. The molecule has 0 atom stereocenters. The van der Waals surface area contributed by atoms with Gasteiger partial charge in [-0.1, -0.05) is 0 Å². The van der Waals surface area contributed by atoms with Crippen molar-refractivity contribution in [2.75, 3.05) is 6.54 Å². The van der Waals surface area contributed by atoms with Crippen LogP contribution in [0.4, 0.5) is 13.2 Å². The standard InChI is InChI=1S/C14H11F3N2O3S/c1-8-11(6-23-19-8)13(21)22-10-4-2-9(3-5-10)12(20)18-7-14(15,16)17/h2-6H,7H2,1H3,(H,18,20). The summed E-state index contributed by atoms with van der Waals surface area (Å²) in [4.78, 5) is 23.4. The van der Waals surface area contributed by atoms with Crippen molar-refractivity contribution < 1.29 is 27.5 Å². The van der Waals surface area contributed by atoms with Crippen molar-refractivity contribution >= 4 is 23.4 Å². The number of nitrogens with one attached hydrogen (secondary N) is 1. The lowest BCUT2D eigenvalue weighted by atomic mass is 10.2. The molecule has 0 saturated carbocycles. The Morgan fingerprint density at radius 3 is 2.43 bits per heavy atom. The summed E-state index contributed by atoms with van der Waals surface area (Å²) in [6.07, 6.45) is -4.47. The fourth-order valence-corrected chi connectivity index (χ4v) is 2.29. The second kappa shape index (κ2) is 6.78. The molecule has 0 radical (unpaired) electrons. The third-order valence-electron chi connectivity index (χ3n) is 2.75. The van der Waals surface area contributed by atoms with Gasteiger partial charge in [-0.25, -0.2) is 4.79 Å². The molecular formula is C14H11F3N2O3S. The summed E-state index contributed by atoms with van der Waals surface area (Å²) < 4.78 is 45.1. The van der Waals surface area contributed by atoms with Gasteiger partial charge in [0.05, 0.1) is 11.3 Å². The molecule has 2 aromatic rings. The van der Waals surface area contributed by atoms with E-state index in [2.05, 4.69) is 4.37 Å². The van der Waals surface area contributed by atoms with Gasteiger partial charge < -0.3 is 10.1 Å². The lowest BCUT2D eigenvalue weighted by Crippen LogP contribution is -2.33. The minimum Gasteiger partial charge on any atom is -0.423 e. The summed E-state index contributed by atoms with van der Waals surface area (Å²) in [6.45, 7) is 0.258. The van der Waals surface area contributed by atoms with Crippen LogP contribution in [0.2, 0.25) is 0 Å². The molecule has 122 valence electrons. The molecule has 9 heteroatoms. The number of esters is 1. The van der Waals surface area contributed by atoms with Crippen LogP contribution >= 0.6 is 11.5 Å². The highest BCUT2D eigenvalue weighted by Gasteiger charge is 2.27. The van der Waals surface area contributed by atoms with Gasteiger partial charge in [-0.05, 0) is 42.7 Å². The normalized spacial score (nSPS) is 11.1. The van der Waals surface area contributed by atoms with Crippen molar-refractivity contribution in [2.45, 2.75) is 13.1 Å². The maximum atomic E-state index is 12.0. The van der Waals surface area contributed by atoms with E-state index >= 15 is 0 Å². The summed E-state index contributed by atoms with van der Waals surface area (Å²) in [7, 11) is 0. The molecule has 0 fully saturated rings. The molecule has 0 spiro atoms. The molecule has 1 aromatic carbocycles. The van der Waals surface area contributed by atoms with Gasteiger partial charge in [0, 0.05) is 10.9 Å². The summed E-state index contributed by atoms with van der Waals surface area (Å²) in [5.41, 5.74) is 0.910. The van der Waals surface area contributed by atoms with Gasteiger partial charge in [-0.2, -0.15) is 17.5 Å².